The molecule has 1 fully saturated rings. The van der Waals surface area contributed by atoms with Crippen molar-refractivity contribution >= 4 is 5.91 Å². The number of methoxy groups -OCH3 is 1. The molecule has 2 heterocycles. The van der Waals surface area contributed by atoms with Gasteiger partial charge in [0.2, 0.25) is 5.91 Å². The highest BCUT2D eigenvalue weighted by molar-refractivity contribution is 5.83. The molecule has 0 radical (unpaired) electrons. The standard InChI is InChI=1S/C14H25N5O2/c1-15-13(12-10-16-17(2)11-12)14(20)19-6-4-18(5-7-19)8-9-21-3/h10-11,13,15H,4-9H2,1-3H3. The van der Waals surface area contributed by atoms with Gasteiger partial charge in [0.05, 0.1) is 12.8 Å². The predicted octanol–water partition coefficient (Wildman–Crippen LogP) is -0.529. The van der Waals surface area contributed by atoms with E-state index in [0.29, 0.717) is 0 Å². The van der Waals surface area contributed by atoms with Crippen LogP contribution in [0.25, 0.3) is 0 Å². The van der Waals surface area contributed by atoms with Crippen LogP contribution in [0.3, 0.4) is 0 Å². The maximum absolute atomic E-state index is 12.6. The lowest BCUT2D eigenvalue weighted by Gasteiger charge is -2.36. The van der Waals surface area contributed by atoms with Crippen molar-refractivity contribution in [3.8, 4) is 0 Å². The lowest BCUT2D eigenvalue weighted by Crippen LogP contribution is -2.51. The number of nitrogens with one attached hydrogen (secondary N) is 1. The molecule has 1 aromatic rings. The van der Waals surface area contributed by atoms with E-state index in [1.165, 1.54) is 0 Å². The van der Waals surface area contributed by atoms with Crippen molar-refractivity contribution in [3.05, 3.63) is 18.0 Å². The molecular formula is C14H25N5O2. The fraction of sp³-hybridized carbons (Fsp3) is 0.714. The highest BCUT2D eigenvalue weighted by Crippen LogP contribution is 2.16. The Bertz CT molecular complexity index is 454. The Morgan fingerprint density at radius 3 is 2.67 bits per heavy atom. The summed E-state index contributed by atoms with van der Waals surface area (Å²) in [6.07, 6.45) is 3.63. The molecule has 1 saturated heterocycles. The molecule has 1 N–H and O–H groups in total. The van der Waals surface area contributed by atoms with Gasteiger partial charge in [-0.2, -0.15) is 5.10 Å². The number of nitrogens with zero attached hydrogens (tertiary/aromatic N) is 4. The SMILES string of the molecule is CNC(C(=O)N1CCN(CCOC)CC1)c1cnn(C)c1. The lowest BCUT2D eigenvalue weighted by molar-refractivity contribution is -0.135. The van der Waals surface area contributed by atoms with E-state index < -0.39 is 0 Å². The number of carbonyl (C=O) groups is 1. The number of ether oxygens (including phenoxy) is 1. The van der Waals surface area contributed by atoms with Crippen molar-refractivity contribution < 1.29 is 9.53 Å². The normalized spacial score (nSPS) is 18.0. The third kappa shape index (κ3) is 4.03. The summed E-state index contributed by atoms with van der Waals surface area (Å²) in [5.41, 5.74) is 0.909. The van der Waals surface area contributed by atoms with E-state index in [0.717, 1.165) is 44.9 Å². The number of aryl methyl sites for hydroxylation is 1. The van der Waals surface area contributed by atoms with Gasteiger partial charge in [-0.1, -0.05) is 0 Å². The molecule has 118 valence electrons. The molecule has 1 aliphatic heterocycles. The second-order valence-corrected chi connectivity index (χ2v) is 5.33. The van der Waals surface area contributed by atoms with Crippen LogP contribution >= 0.6 is 0 Å². The molecule has 21 heavy (non-hydrogen) atoms. The monoisotopic (exact) mass is 295 g/mol. The van der Waals surface area contributed by atoms with E-state index in [1.54, 1.807) is 18.0 Å². The van der Waals surface area contributed by atoms with Gasteiger partial charge in [-0.05, 0) is 7.05 Å². The third-order valence-corrected chi connectivity index (χ3v) is 3.89. The first kappa shape index (κ1) is 15.9. The van der Waals surface area contributed by atoms with Gasteiger partial charge in [0.15, 0.2) is 0 Å². The molecule has 7 nitrogen and oxygen atoms in total. The van der Waals surface area contributed by atoms with Crippen LogP contribution in [0.4, 0.5) is 0 Å². The minimum absolute atomic E-state index is 0.122. The Kier molecular flexibility index (Phi) is 5.72. The van der Waals surface area contributed by atoms with Crippen LogP contribution in [0.2, 0.25) is 0 Å². The number of aromatic nitrogens is 2. The molecular weight excluding hydrogens is 270 g/mol. The van der Waals surface area contributed by atoms with Crippen molar-refractivity contribution in [2.45, 2.75) is 6.04 Å². The average Bonchev–Trinajstić information content (AvgIpc) is 2.92. The zero-order chi connectivity index (χ0) is 15.2. The van der Waals surface area contributed by atoms with Crippen molar-refractivity contribution in [2.24, 2.45) is 7.05 Å². The largest absolute Gasteiger partial charge is 0.383 e. The first-order valence-corrected chi connectivity index (χ1v) is 7.31. The minimum Gasteiger partial charge on any atom is -0.383 e. The molecule has 1 aliphatic rings. The Morgan fingerprint density at radius 2 is 2.14 bits per heavy atom. The summed E-state index contributed by atoms with van der Waals surface area (Å²) in [5, 5.41) is 7.24. The molecule has 1 atom stereocenters. The van der Waals surface area contributed by atoms with Gasteiger partial charge in [-0.15, -0.1) is 0 Å². The van der Waals surface area contributed by atoms with E-state index in [9.17, 15) is 4.79 Å². The van der Waals surface area contributed by atoms with Gasteiger partial charge >= 0.3 is 0 Å². The Labute approximate surface area is 125 Å². The number of carbonyl (C=O) groups excluding carboxylic acids is 1. The zero-order valence-electron chi connectivity index (χ0n) is 13.1. The number of amides is 1. The van der Waals surface area contributed by atoms with E-state index in [1.807, 2.05) is 25.2 Å². The summed E-state index contributed by atoms with van der Waals surface area (Å²) in [4.78, 5) is 16.9. The van der Waals surface area contributed by atoms with Crippen LogP contribution in [0.5, 0.6) is 0 Å². The topological polar surface area (TPSA) is 62.6 Å². The first-order valence-electron chi connectivity index (χ1n) is 7.31. The maximum atomic E-state index is 12.6. The highest BCUT2D eigenvalue weighted by atomic mass is 16.5. The summed E-state index contributed by atoms with van der Waals surface area (Å²) in [6.45, 7) is 5.00. The molecule has 1 aromatic heterocycles. The summed E-state index contributed by atoms with van der Waals surface area (Å²) in [6, 6.07) is -0.316. The van der Waals surface area contributed by atoms with Crippen LogP contribution < -0.4 is 5.32 Å². The summed E-state index contributed by atoms with van der Waals surface area (Å²) >= 11 is 0. The van der Waals surface area contributed by atoms with Crippen LogP contribution in [-0.4, -0.2) is 79.0 Å². The molecule has 7 heteroatoms. The third-order valence-electron chi connectivity index (χ3n) is 3.89. The van der Waals surface area contributed by atoms with Crippen molar-refractivity contribution in [1.29, 1.82) is 0 Å². The Balaban J connectivity index is 1.91. The van der Waals surface area contributed by atoms with Crippen LogP contribution in [0.15, 0.2) is 12.4 Å². The molecule has 0 bridgehead atoms. The first-order chi connectivity index (χ1) is 10.2. The van der Waals surface area contributed by atoms with Gasteiger partial charge in [0.1, 0.15) is 6.04 Å². The predicted molar refractivity (Wildman–Crippen MR) is 79.9 cm³/mol. The van der Waals surface area contributed by atoms with Gasteiger partial charge in [-0.25, -0.2) is 0 Å². The highest BCUT2D eigenvalue weighted by Gasteiger charge is 2.28. The minimum atomic E-state index is -0.316. The van der Waals surface area contributed by atoms with Crippen molar-refractivity contribution in [3.63, 3.8) is 0 Å². The number of piperazine rings is 1. The average molecular weight is 295 g/mol. The second-order valence-electron chi connectivity index (χ2n) is 5.33. The summed E-state index contributed by atoms with van der Waals surface area (Å²) in [7, 11) is 5.38. The lowest BCUT2D eigenvalue weighted by atomic mass is 10.1. The maximum Gasteiger partial charge on any atom is 0.244 e. The molecule has 0 aliphatic carbocycles. The Morgan fingerprint density at radius 1 is 1.43 bits per heavy atom. The molecule has 0 spiro atoms. The fourth-order valence-electron chi connectivity index (χ4n) is 2.62. The Hall–Kier alpha value is -1.44. The number of rotatable bonds is 6. The van der Waals surface area contributed by atoms with Gasteiger partial charge in [0, 0.05) is 58.6 Å². The molecule has 2 rings (SSSR count). The van der Waals surface area contributed by atoms with Crippen LogP contribution in [0.1, 0.15) is 11.6 Å². The van der Waals surface area contributed by atoms with E-state index in [4.69, 9.17) is 4.74 Å². The number of hydrogen-bond donors (Lipinski definition) is 1. The van der Waals surface area contributed by atoms with Gasteiger partial charge in [-0.3, -0.25) is 14.4 Å². The molecule has 0 aromatic carbocycles. The summed E-state index contributed by atoms with van der Waals surface area (Å²) in [5.74, 6) is 0.122. The zero-order valence-corrected chi connectivity index (χ0v) is 13.1. The second kappa shape index (κ2) is 7.53. The number of likely N-dealkylation sites (N-methyl/N-ethyl adjacent to an activating group) is 1. The van der Waals surface area contributed by atoms with Crippen molar-refractivity contribution in [2.75, 3.05) is 53.5 Å². The summed E-state index contributed by atoms with van der Waals surface area (Å²) < 4.78 is 6.81. The van der Waals surface area contributed by atoms with Crippen molar-refractivity contribution in [1.82, 2.24) is 24.9 Å². The molecule has 1 unspecified atom stereocenters. The van der Waals surface area contributed by atoms with E-state index >= 15 is 0 Å². The van der Waals surface area contributed by atoms with Gasteiger partial charge in [0.25, 0.3) is 0 Å². The number of hydrogen-bond acceptors (Lipinski definition) is 5. The van der Waals surface area contributed by atoms with Crippen LogP contribution in [0, 0.1) is 0 Å². The molecule has 1 amide bonds. The molecule has 0 saturated carbocycles. The van der Waals surface area contributed by atoms with E-state index in [-0.39, 0.29) is 11.9 Å². The smallest absolute Gasteiger partial charge is 0.244 e. The quantitative estimate of drug-likeness (QED) is 0.764. The van der Waals surface area contributed by atoms with Gasteiger partial charge < -0.3 is 15.0 Å². The fourth-order valence-corrected chi connectivity index (χ4v) is 2.62. The van der Waals surface area contributed by atoms with E-state index in [2.05, 4.69) is 15.3 Å². The van der Waals surface area contributed by atoms with Crippen LogP contribution in [-0.2, 0) is 16.6 Å².